The Balaban J connectivity index is 1.51. The van der Waals surface area contributed by atoms with Crippen LogP contribution in [0.3, 0.4) is 0 Å². The molecule has 0 aliphatic heterocycles. The molecule has 54 heavy (non-hydrogen) atoms. The SMILES string of the molecule is CC(C)(C)c1cc(-n2c(-c3ccccc3O)nc3c(-c4cc(-c5cc6ccccc6cn5)cc5ccccc45)cc(C(C)(C)C)cc32)cc(C(C)(C)C)c1. The highest BCUT2D eigenvalue weighted by atomic mass is 16.3. The van der Waals surface area contributed by atoms with E-state index in [-0.39, 0.29) is 22.0 Å². The van der Waals surface area contributed by atoms with Crippen molar-refractivity contribution in [2.24, 2.45) is 0 Å². The molecule has 0 bridgehead atoms. The molecule has 4 heteroatoms. The molecule has 4 nitrogen and oxygen atoms in total. The Bertz CT molecular complexity index is 2700. The number of aromatic hydroxyl groups is 1. The van der Waals surface area contributed by atoms with E-state index in [1.807, 2.05) is 24.4 Å². The van der Waals surface area contributed by atoms with Crippen LogP contribution in [-0.2, 0) is 16.2 Å². The van der Waals surface area contributed by atoms with Crippen molar-refractivity contribution in [2.45, 2.75) is 78.6 Å². The molecular formula is C50H49N3O. The van der Waals surface area contributed by atoms with Crippen LogP contribution in [0, 0.1) is 0 Å². The van der Waals surface area contributed by atoms with Crippen LogP contribution in [0.25, 0.3) is 72.0 Å². The van der Waals surface area contributed by atoms with Crippen LogP contribution in [0.1, 0.15) is 79.0 Å². The van der Waals surface area contributed by atoms with Gasteiger partial charge in [-0.15, -0.1) is 0 Å². The van der Waals surface area contributed by atoms with Gasteiger partial charge < -0.3 is 5.11 Å². The Morgan fingerprint density at radius 3 is 1.78 bits per heavy atom. The van der Waals surface area contributed by atoms with Crippen molar-refractivity contribution in [1.29, 1.82) is 0 Å². The Hall–Kier alpha value is -5.74. The number of hydrogen-bond donors (Lipinski definition) is 1. The molecule has 6 aromatic carbocycles. The van der Waals surface area contributed by atoms with Crippen LogP contribution in [0.15, 0.2) is 128 Å². The number of fused-ring (bicyclic) bond motifs is 3. The van der Waals surface area contributed by atoms with Crippen molar-refractivity contribution in [3.8, 4) is 45.2 Å². The van der Waals surface area contributed by atoms with E-state index in [1.165, 1.54) is 16.7 Å². The monoisotopic (exact) mass is 707 g/mol. The largest absolute Gasteiger partial charge is 0.507 e. The van der Waals surface area contributed by atoms with Gasteiger partial charge in [-0.05, 0) is 109 Å². The van der Waals surface area contributed by atoms with Crippen molar-refractivity contribution >= 4 is 32.6 Å². The summed E-state index contributed by atoms with van der Waals surface area (Å²) in [6, 6.07) is 42.9. The summed E-state index contributed by atoms with van der Waals surface area (Å²) in [5.74, 6) is 0.905. The predicted octanol–water partition coefficient (Wildman–Crippen LogP) is 13.3. The van der Waals surface area contributed by atoms with Gasteiger partial charge in [-0.3, -0.25) is 9.55 Å². The average molecular weight is 708 g/mol. The lowest BCUT2D eigenvalue weighted by molar-refractivity contribution is 0.477. The number of phenols is 1. The van der Waals surface area contributed by atoms with Gasteiger partial charge in [-0.2, -0.15) is 0 Å². The first-order valence-electron chi connectivity index (χ1n) is 19.0. The third-order valence-corrected chi connectivity index (χ3v) is 10.8. The molecule has 0 spiro atoms. The fraction of sp³-hybridized carbons (Fsp3) is 0.240. The molecule has 0 radical (unpaired) electrons. The maximum atomic E-state index is 11.4. The van der Waals surface area contributed by atoms with E-state index in [9.17, 15) is 5.11 Å². The molecule has 0 atom stereocenters. The molecule has 0 aliphatic carbocycles. The van der Waals surface area contributed by atoms with Crippen LogP contribution in [0.4, 0.5) is 0 Å². The summed E-state index contributed by atoms with van der Waals surface area (Å²) in [5, 5.41) is 16.0. The molecule has 0 fully saturated rings. The zero-order valence-electron chi connectivity index (χ0n) is 32.9. The number of para-hydroxylation sites is 1. The van der Waals surface area contributed by atoms with Gasteiger partial charge in [-0.1, -0.05) is 129 Å². The van der Waals surface area contributed by atoms with Crippen molar-refractivity contribution in [1.82, 2.24) is 14.5 Å². The van der Waals surface area contributed by atoms with Crippen LogP contribution >= 0.6 is 0 Å². The van der Waals surface area contributed by atoms with Gasteiger partial charge in [-0.25, -0.2) is 4.98 Å². The van der Waals surface area contributed by atoms with E-state index in [2.05, 4.69) is 164 Å². The minimum Gasteiger partial charge on any atom is -0.507 e. The summed E-state index contributed by atoms with van der Waals surface area (Å²) in [6.45, 7) is 20.4. The highest BCUT2D eigenvalue weighted by molar-refractivity contribution is 6.07. The van der Waals surface area contributed by atoms with Gasteiger partial charge in [0.1, 0.15) is 11.6 Å². The zero-order chi connectivity index (χ0) is 38.2. The molecule has 1 N–H and O–H groups in total. The second-order valence-electron chi connectivity index (χ2n) is 17.9. The molecule has 270 valence electrons. The number of nitrogens with zero attached hydrogens (tertiary/aromatic N) is 3. The molecule has 8 aromatic rings. The van der Waals surface area contributed by atoms with Crippen molar-refractivity contribution < 1.29 is 5.11 Å². The lowest BCUT2D eigenvalue weighted by atomic mass is 9.80. The number of imidazole rings is 1. The summed E-state index contributed by atoms with van der Waals surface area (Å²) in [7, 11) is 0. The molecule has 8 rings (SSSR count). The summed E-state index contributed by atoms with van der Waals surface area (Å²) in [4.78, 5) is 10.5. The van der Waals surface area contributed by atoms with E-state index in [4.69, 9.17) is 9.97 Å². The van der Waals surface area contributed by atoms with Crippen molar-refractivity contribution in [3.05, 3.63) is 144 Å². The first-order chi connectivity index (χ1) is 25.6. The fourth-order valence-electron chi connectivity index (χ4n) is 7.45. The Morgan fingerprint density at radius 2 is 1.11 bits per heavy atom. The summed E-state index contributed by atoms with van der Waals surface area (Å²) < 4.78 is 2.28. The predicted molar refractivity (Wildman–Crippen MR) is 228 cm³/mol. The average Bonchev–Trinajstić information content (AvgIpc) is 3.52. The van der Waals surface area contributed by atoms with Gasteiger partial charge >= 0.3 is 0 Å². The molecule has 0 saturated carbocycles. The van der Waals surface area contributed by atoms with Gasteiger partial charge in [0.15, 0.2) is 0 Å². The topological polar surface area (TPSA) is 50.9 Å². The Morgan fingerprint density at radius 1 is 0.519 bits per heavy atom. The normalized spacial score (nSPS) is 12.6. The van der Waals surface area contributed by atoms with Gasteiger partial charge in [0.25, 0.3) is 0 Å². The van der Waals surface area contributed by atoms with E-state index < -0.39 is 0 Å². The first-order valence-corrected chi connectivity index (χ1v) is 19.0. The number of phenolic OH excluding ortho intramolecular Hbond substituents is 1. The number of pyridine rings is 1. The molecule has 0 amide bonds. The maximum Gasteiger partial charge on any atom is 0.149 e. The maximum absolute atomic E-state index is 11.4. The summed E-state index contributed by atoms with van der Waals surface area (Å²) in [6.07, 6.45) is 1.97. The van der Waals surface area contributed by atoms with Crippen LogP contribution < -0.4 is 0 Å². The molecule has 2 aromatic heterocycles. The third-order valence-electron chi connectivity index (χ3n) is 10.8. The molecule has 0 aliphatic rings. The van der Waals surface area contributed by atoms with E-state index >= 15 is 0 Å². The second kappa shape index (κ2) is 12.7. The Labute approximate surface area is 319 Å². The third kappa shape index (κ3) is 6.34. The number of benzene rings is 6. The van der Waals surface area contributed by atoms with Crippen LogP contribution in [0.5, 0.6) is 5.75 Å². The minimum absolute atomic E-state index is 0.0840. The van der Waals surface area contributed by atoms with Crippen LogP contribution in [0.2, 0.25) is 0 Å². The quantitative estimate of drug-likeness (QED) is 0.198. The summed E-state index contributed by atoms with van der Waals surface area (Å²) >= 11 is 0. The smallest absolute Gasteiger partial charge is 0.149 e. The standard InChI is InChI=1S/C50H49N3O/c1-48(2,3)35-25-36(49(4,5)6)27-38(26-35)53-44-29-37(50(7,8)9)28-42(46(44)52-47(53)40-20-14-15-21-45(40)54)41-23-34(22-32-17-12-13-19-39(32)41)43-24-31-16-10-11-18-33(31)30-51-43/h10-30,54H,1-9H3. The number of hydrogen-bond acceptors (Lipinski definition) is 3. The summed E-state index contributed by atoms with van der Waals surface area (Å²) in [5.41, 5.74) is 11.1. The van der Waals surface area contributed by atoms with Crippen molar-refractivity contribution in [3.63, 3.8) is 0 Å². The van der Waals surface area contributed by atoms with Crippen molar-refractivity contribution in [2.75, 3.05) is 0 Å². The second-order valence-corrected chi connectivity index (χ2v) is 17.9. The van der Waals surface area contributed by atoms with Gasteiger partial charge in [0.2, 0.25) is 0 Å². The van der Waals surface area contributed by atoms with E-state index in [0.717, 1.165) is 60.6 Å². The van der Waals surface area contributed by atoms with Gasteiger partial charge in [0, 0.05) is 28.4 Å². The Kier molecular flexibility index (Phi) is 8.30. The fourth-order valence-corrected chi connectivity index (χ4v) is 7.45. The van der Waals surface area contributed by atoms with Crippen LogP contribution in [-0.4, -0.2) is 19.6 Å². The van der Waals surface area contributed by atoms with E-state index in [1.54, 1.807) is 6.07 Å². The van der Waals surface area contributed by atoms with E-state index in [0.29, 0.717) is 11.4 Å². The highest BCUT2D eigenvalue weighted by Gasteiger charge is 2.27. The number of aromatic nitrogens is 3. The molecule has 2 heterocycles. The van der Waals surface area contributed by atoms with Gasteiger partial charge in [0.05, 0.1) is 22.3 Å². The lowest BCUT2D eigenvalue weighted by Crippen LogP contribution is -2.17. The first kappa shape index (κ1) is 35.3. The molecule has 0 saturated heterocycles. The minimum atomic E-state index is -0.162. The number of rotatable bonds is 4. The lowest BCUT2D eigenvalue weighted by Gasteiger charge is -2.27. The molecule has 0 unspecified atom stereocenters. The molecular weight excluding hydrogens is 659 g/mol. The highest BCUT2D eigenvalue weighted by Crippen LogP contribution is 2.44. The zero-order valence-corrected chi connectivity index (χ0v) is 32.9.